The number of carbonyl (C=O) groups is 1. The normalized spacial score (nSPS) is 9.56. The average Bonchev–Trinajstić information content (AvgIpc) is 2.61. The predicted octanol–water partition coefficient (Wildman–Crippen LogP) is -1.98. The summed E-state index contributed by atoms with van der Waals surface area (Å²) in [6.45, 7) is 1.55. The van der Waals surface area contributed by atoms with Gasteiger partial charge >= 0.3 is 51.4 Å². The molecule has 2 aromatic rings. The van der Waals surface area contributed by atoms with E-state index in [1.807, 2.05) is 6.07 Å². The zero-order chi connectivity index (χ0) is 10.8. The number of carbonyl (C=O) groups excluding carboxylic acids is 1. The molecule has 0 aliphatic carbocycles. The van der Waals surface area contributed by atoms with Crippen LogP contribution in [0.5, 0.6) is 0 Å². The maximum atomic E-state index is 10.9. The minimum absolute atomic E-state index is 0. The third kappa shape index (κ3) is 2.61. The van der Waals surface area contributed by atoms with Crippen LogP contribution in [0.15, 0.2) is 34.9 Å². The molecule has 0 atom stereocenters. The summed E-state index contributed by atoms with van der Waals surface area (Å²) in [5.74, 6) is -1.01. The van der Waals surface area contributed by atoms with Gasteiger partial charge in [-0.2, -0.15) is 0 Å². The summed E-state index contributed by atoms with van der Waals surface area (Å²) in [7, 11) is 0. The molecule has 76 valence electrons. The topological polar surface area (TPSA) is 66.2 Å². The first-order valence-electron chi connectivity index (χ1n) is 4.43. The van der Waals surface area contributed by atoms with Gasteiger partial charge in [-0.15, -0.1) is 0 Å². The number of carboxylic acid groups (broad SMARTS) is 1. The standard InChI is InChI=1S/C11H9NO3.K/c1-7-9(11(13)14)10(12-15-7)8-5-3-2-4-6-8;/h2-6H,1H3,(H,13,14);/q;+1/p-1. The first-order valence-corrected chi connectivity index (χ1v) is 4.43. The van der Waals surface area contributed by atoms with Crippen LogP contribution in [-0.4, -0.2) is 11.1 Å². The molecule has 16 heavy (non-hydrogen) atoms. The van der Waals surface area contributed by atoms with Gasteiger partial charge in [0.25, 0.3) is 0 Å². The van der Waals surface area contributed by atoms with Crippen molar-refractivity contribution < 1.29 is 65.8 Å². The predicted molar refractivity (Wildman–Crippen MR) is 51.0 cm³/mol. The first kappa shape index (κ1) is 13.6. The monoisotopic (exact) mass is 241 g/mol. The molecular formula is C11H8KNO3. The van der Waals surface area contributed by atoms with Gasteiger partial charge in [-0.05, 0) is 6.92 Å². The number of aryl methyl sites for hydroxylation is 1. The maximum Gasteiger partial charge on any atom is 1.00 e. The molecule has 0 unspecified atom stereocenters. The minimum Gasteiger partial charge on any atom is -0.545 e. The van der Waals surface area contributed by atoms with Gasteiger partial charge < -0.3 is 14.4 Å². The molecule has 0 aliphatic heterocycles. The first-order chi connectivity index (χ1) is 7.20. The zero-order valence-corrected chi connectivity index (χ0v) is 12.2. The Labute approximate surface area is 135 Å². The summed E-state index contributed by atoms with van der Waals surface area (Å²) in [4.78, 5) is 10.9. The van der Waals surface area contributed by atoms with Crippen LogP contribution < -0.4 is 56.5 Å². The zero-order valence-electron chi connectivity index (χ0n) is 9.06. The van der Waals surface area contributed by atoms with Crippen LogP contribution in [0.4, 0.5) is 0 Å². The van der Waals surface area contributed by atoms with E-state index in [0.717, 1.165) is 0 Å². The number of hydrogen-bond donors (Lipinski definition) is 0. The van der Waals surface area contributed by atoms with Gasteiger partial charge in [0.1, 0.15) is 11.5 Å². The Balaban J connectivity index is 0.00000128. The van der Waals surface area contributed by atoms with Crippen molar-refractivity contribution in [3.05, 3.63) is 41.7 Å². The molecule has 0 saturated heterocycles. The fraction of sp³-hybridized carbons (Fsp3) is 0.0909. The van der Waals surface area contributed by atoms with Gasteiger partial charge in [-0.3, -0.25) is 0 Å². The van der Waals surface area contributed by atoms with Gasteiger partial charge in [-0.25, -0.2) is 0 Å². The van der Waals surface area contributed by atoms with Crippen LogP contribution in [0, 0.1) is 6.92 Å². The van der Waals surface area contributed by atoms with Crippen LogP contribution in [0.3, 0.4) is 0 Å². The van der Waals surface area contributed by atoms with Crippen molar-refractivity contribution in [2.24, 2.45) is 0 Å². The van der Waals surface area contributed by atoms with Crippen molar-refractivity contribution in [2.45, 2.75) is 6.92 Å². The quantitative estimate of drug-likeness (QED) is 0.571. The summed E-state index contributed by atoms with van der Waals surface area (Å²) in [6.07, 6.45) is 0. The van der Waals surface area contributed by atoms with Crippen molar-refractivity contribution in [3.8, 4) is 11.3 Å². The summed E-state index contributed by atoms with van der Waals surface area (Å²) in [5.41, 5.74) is 1.03. The average molecular weight is 241 g/mol. The van der Waals surface area contributed by atoms with E-state index < -0.39 is 5.97 Å². The third-order valence-corrected chi connectivity index (χ3v) is 2.11. The number of aromatic nitrogens is 1. The van der Waals surface area contributed by atoms with E-state index in [1.54, 1.807) is 31.2 Å². The van der Waals surface area contributed by atoms with Gasteiger partial charge in [0.2, 0.25) is 0 Å². The Morgan fingerprint density at radius 3 is 2.50 bits per heavy atom. The number of benzene rings is 1. The van der Waals surface area contributed by atoms with E-state index in [0.29, 0.717) is 11.3 Å². The molecule has 0 saturated carbocycles. The Hall–Kier alpha value is -0.464. The molecule has 1 aromatic heterocycles. The van der Waals surface area contributed by atoms with E-state index in [1.165, 1.54) is 0 Å². The molecule has 0 bridgehead atoms. The Bertz CT molecular complexity index is 493. The van der Waals surface area contributed by atoms with Crippen LogP contribution in [0.2, 0.25) is 0 Å². The fourth-order valence-electron chi connectivity index (χ4n) is 1.41. The third-order valence-electron chi connectivity index (χ3n) is 2.11. The number of nitrogens with zero attached hydrogens (tertiary/aromatic N) is 1. The second-order valence-corrected chi connectivity index (χ2v) is 3.12. The van der Waals surface area contributed by atoms with E-state index in [-0.39, 0.29) is 62.7 Å². The maximum absolute atomic E-state index is 10.9. The summed E-state index contributed by atoms with van der Waals surface area (Å²) < 4.78 is 4.84. The number of rotatable bonds is 2. The second-order valence-electron chi connectivity index (χ2n) is 3.12. The number of aromatic carboxylic acids is 1. The van der Waals surface area contributed by atoms with Crippen molar-refractivity contribution in [2.75, 3.05) is 0 Å². The Kier molecular flexibility index (Phi) is 4.88. The van der Waals surface area contributed by atoms with Gasteiger partial charge in [0.05, 0.1) is 11.5 Å². The van der Waals surface area contributed by atoms with Gasteiger partial charge in [-0.1, -0.05) is 35.5 Å². The summed E-state index contributed by atoms with van der Waals surface area (Å²) in [5, 5.41) is 14.6. The van der Waals surface area contributed by atoms with Crippen molar-refractivity contribution >= 4 is 5.97 Å². The Morgan fingerprint density at radius 2 is 1.94 bits per heavy atom. The molecule has 0 spiro atoms. The molecule has 0 aliphatic rings. The van der Waals surface area contributed by atoms with Crippen molar-refractivity contribution in [3.63, 3.8) is 0 Å². The van der Waals surface area contributed by atoms with Crippen molar-refractivity contribution in [1.29, 1.82) is 0 Å². The SMILES string of the molecule is Cc1onc(-c2ccccc2)c1C(=O)[O-].[K+]. The number of carboxylic acids is 1. The van der Waals surface area contributed by atoms with Crippen molar-refractivity contribution in [1.82, 2.24) is 5.16 Å². The molecular weight excluding hydrogens is 233 g/mol. The molecule has 2 rings (SSSR count). The van der Waals surface area contributed by atoms with Gasteiger partial charge in [0.15, 0.2) is 0 Å². The summed E-state index contributed by atoms with van der Waals surface area (Å²) in [6, 6.07) is 8.99. The second kappa shape index (κ2) is 5.74. The van der Waals surface area contributed by atoms with E-state index in [4.69, 9.17) is 4.52 Å². The van der Waals surface area contributed by atoms with E-state index >= 15 is 0 Å². The fourth-order valence-corrected chi connectivity index (χ4v) is 1.41. The van der Waals surface area contributed by atoms with Crippen LogP contribution in [0.25, 0.3) is 11.3 Å². The van der Waals surface area contributed by atoms with Crippen LogP contribution in [0.1, 0.15) is 16.1 Å². The molecule has 0 amide bonds. The largest absolute Gasteiger partial charge is 1.00 e. The molecule has 1 heterocycles. The molecule has 0 fully saturated rings. The van der Waals surface area contributed by atoms with Gasteiger partial charge in [0, 0.05) is 5.56 Å². The molecule has 0 N–H and O–H groups in total. The number of hydrogen-bond acceptors (Lipinski definition) is 4. The molecule has 5 heteroatoms. The minimum atomic E-state index is -1.27. The Morgan fingerprint density at radius 1 is 1.31 bits per heavy atom. The van der Waals surface area contributed by atoms with Crippen LogP contribution >= 0.6 is 0 Å². The molecule has 4 nitrogen and oxygen atoms in total. The molecule has 0 radical (unpaired) electrons. The van der Waals surface area contributed by atoms with E-state index in [2.05, 4.69) is 5.16 Å². The van der Waals surface area contributed by atoms with E-state index in [9.17, 15) is 9.90 Å². The molecule has 1 aromatic carbocycles. The van der Waals surface area contributed by atoms with Crippen LogP contribution in [-0.2, 0) is 0 Å². The smallest absolute Gasteiger partial charge is 0.545 e. The summed E-state index contributed by atoms with van der Waals surface area (Å²) >= 11 is 0.